The molecule has 1 aromatic carbocycles. The Morgan fingerprint density at radius 1 is 1.07 bits per heavy atom. The molecular weight excluding hydrogens is 372 g/mol. The highest BCUT2D eigenvalue weighted by molar-refractivity contribution is 7.18. The van der Waals surface area contributed by atoms with E-state index in [0.717, 1.165) is 15.2 Å². The Morgan fingerprint density at radius 3 is 2.63 bits per heavy atom. The average molecular weight is 392 g/mol. The molecule has 0 spiro atoms. The molecule has 1 saturated heterocycles. The van der Waals surface area contributed by atoms with E-state index in [1.54, 1.807) is 22.2 Å². The van der Waals surface area contributed by atoms with E-state index >= 15 is 0 Å². The van der Waals surface area contributed by atoms with Gasteiger partial charge in [-0.1, -0.05) is 17.3 Å². The number of rotatable bonds is 5. The molecule has 0 unspecified atom stereocenters. The predicted molar refractivity (Wildman–Crippen MR) is 96.2 cm³/mol. The minimum atomic E-state index is -1.39. The van der Waals surface area contributed by atoms with Crippen molar-refractivity contribution in [1.82, 2.24) is 20.0 Å². The fourth-order valence-electron chi connectivity index (χ4n) is 3.19. The molecule has 4 N–H and O–H groups in total. The summed E-state index contributed by atoms with van der Waals surface area (Å²) < 4.78 is 8.26. The zero-order valence-electron chi connectivity index (χ0n) is 14.3. The van der Waals surface area contributed by atoms with Gasteiger partial charge in [0.05, 0.1) is 35.2 Å². The van der Waals surface area contributed by atoms with Crippen molar-refractivity contribution in [3.05, 3.63) is 41.2 Å². The van der Waals surface area contributed by atoms with E-state index in [2.05, 4.69) is 15.3 Å². The number of nitrogens with zero attached hydrogens (tertiary/aromatic N) is 4. The second-order valence-electron chi connectivity index (χ2n) is 6.55. The molecule has 2 aromatic heterocycles. The van der Waals surface area contributed by atoms with Crippen molar-refractivity contribution in [3.63, 3.8) is 0 Å². The normalized spacial score (nSPS) is 28.7. The van der Waals surface area contributed by atoms with Gasteiger partial charge in [0.25, 0.3) is 0 Å². The number of aliphatic hydroxyl groups is 4. The third-order valence-electron chi connectivity index (χ3n) is 4.62. The molecule has 4 rings (SSSR count). The lowest BCUT2D eigenvalue weighted by atomic mass is 9.93. The van der Waals surface area contributed by atoms with Crippen molar-refractivity contribution in [2.75, 3.05) is 6.61 Å². The van der Waals surface area contributed by atoms with E-state index in [9.17, 15) is 20.4 Å². The highest BCUT2D eigenvalue weighted by Crippen LogP contribution is 2.24. The largest absolute Gasteiger partial charge is 0.394 e. The van der Waals surface area contributed by atoms with Crippen molar-refractivity contribution in [1.29, 1.82) is 0 Å². The fraction of sp³-hybridized carbons (Fsp3) is 0.471. The summed E-state index contributed by atoms with van der Waals surface area (Å²) in [5.41, 5.74) is 1.51. The van der Waals surface area contributed by atoms with Gasteiger partial charge in [-0.3, -0.25) is 0 Å². The number of ether oxygens (including phenoxy) is 1. The maximum Gasteiger partial charge on any atom is 0.115 e. The fourth-order valence-corrected chi connectivity index (χ4v) is 4.15. The van der Waals surface area contributed by atoms with Crippen molar-refractivity contribution in [3.8, 4) is 0 Å². The van der Waals surface area contributed by atoms with Crippen LogP contribution < -0.4 is 0 Å². The molecule has 3 heterocycles. The monoisotopic (exact) mass is 392 g/mol. The lowest BCUT2D eigenvalue weighted by molar-refractivity contribution is -0.228. The molecule has 10 heteroatoms. The van der Waals surface area contributed by atoms with Crippen LogP contribution in [-0.2, 0) is 17.7 Å². The first kappa shape index (κ1) is 18.4. The number of fused-ring (bicyclic) bond motifs is 1. The second-order valence-corrected chi connectivity index (χ2v) is 7.67. The molecule has 0 radical (unpaired) electrons. The zero-order chi connectivity index (χ0) is 19.0. The number of aliphatic hydroxyl groups excluding tert-OH is 4. The third kappa shape index (κ3) is 3.72. The minimum Gasteiger partial charge on any atom is -0.394 e. The van der Waals surface area contributed by atoms with Crippen molar-refractivity contribution < 1.29 is 25.2 Å². The summed E-state index contributed by atoms with van der Waals surface area (Å²) in [7, 11) is 0. The van der Waals surface area contributed by atoms with Gasteiger partial charge in [0.1, 0.15) is 29.4 Å². The van der Waals surface area contributed by atoms with Crippen LogP contribution >= 0.6 is 11.3 Å². The van der Waals surface area contributed by atoms with E-state index in [4.69, 9.17) is 4.74 Å². The number of hydrogen-bond donors (Lipinski definition) is 4. The number of para-hydroxylation sites is 1. The topological polar surface area (TPSA) is 134 Å². The van der Waals surface area contributed by atoms with E-state index in [1.807, 2.05) is 24.3 Å². The molecule has 1 aliphatic heterocycles. The lowest BCUT2D eigenvalue weighted by Gasteiger charge is -2.39. The van der Waals surface area contributed by atoms with E-state index in [-0.39, 0.29) is 6.42 Å². The first-order chi connectivity index (χ1) is 13.0. The average Bonchev–Trinajstić information content (AvgIpc) is 3.28. The summed E-state index contributed by atoms with van der Waals surface area (Å²) in [6, 6.07) is 7.89. The Kier molecular flexibility index (Phi) is 5.17. The van der Waals surface area contributed by atoms with Crippen LogP contribution in [0.15, 0.2) is 30.5 Å². The molecule has 0 saturated carbocycles. The van der Waals surface area contributed by atoms with Gasteiger partial charge in [-0.15, -0.1) is 16.4 Å². The number of benzene rings is 1. The molecule has 3 aromatic rings. The maximum atomic E-state index is 10.1. The Labute approximate surface area is 158 Å². The molecule has 1 aliphatic rings. The lowest BCUT2D eigenvalue weighted by Crippen LogP contribution is -2.59. The minimum absolute atomic E-state index is 0.196. The van der Waals surface area contributed by atoms with Crippen LogP contribution in [0.4, 0.5) is 0 Å². The maximum absolute atomic E-state index is 10.1. The summed E-state index contributed by atoms with van der Waals surface area (Å²) in [5.74, 6) is 0. The van der Waals surface area contributed by atoms with Crippen LogP contribution in [0.3, 0.4) is 0 Å². The standard InChI is InChI=1S/C17H20N4O5S/c22-8-12-16(24)17(25)15(23)11(26-12)5-9-6-21(20-19-9)7-14-18-10-3-1-2-4-13(10)27-14/h1-4,6,11-12,15-17,22-25H,5,7-8H2/t11-,12+,15-,16+,17+/m0/s1. The van der Waals surface area contributed by atoms with Crippen molar-refractivity contribution in [2.24, 2.45) is 0 Å². The summed E-state index contributed by atoms with van der Waals surface area (Å²) in [4.78, 5) is 4.56. The summed E-state index contributed by atoms with van der Waals surface area (Å²) in [6.45, 7) is 0.0206. The molecule has 0 aliphatic carbocycles. The van der Waals surface area contributed by atoms with Crippen LogP contribution in [-0.4, -0.2) is 77.5 Å². The molecule has 27 heavy (non-hydrogen) atoms. The van der Waals surface area contributed by atoms with Crippen LogP contribution in [0.2, 0.25) is 0 Å². The number of hydrogen-bond acceptors (Lipinski definition) is 9. The van der Waals surface area contributed by atoms with Gasteiger partial charge >= 0.3 is 0 Å². The Hall–Kier alpha value is -1.95. The molecule has 0 amide bonds. The van der Waals surface area contributed by atoms with Crippen LogP contribution in [0.1, 0.15) is 10.7 Å². The second kappa shape index (κ2) is 7.58. The van der Waals surface area contributed by atoms with Crippen molar-refractivity contribution in [2.45, 2.75) is 43.5 Å². The molecule has 0 bridgehead atoms. The smallest absolute Gasteiger partial charge is 0.115 e. The van der Waals surface area contributed by atoms with E-state index in [0.29, 0.717) is 12.2 Å². The Balaban J connectivity index is 1.44. The van der Waals surface area contributed by atoms with Gasteiger partial charge in [0.15, 0.2) is 0 Å². The van der Waals surface area contributed by atoms with Crippen molar-refractivity contribution >= 4 is 21.6 Å². The summed E-state index contributed by atoms with van der Waals surface area (Å²) in [6.07, 6.45) is -3.83. The van der Waals surface area contributed by atoms with Gasteiger partial charge in [-0.2, -0.15) is 0 Å². The van der Waals surface area contributed by atoms with Gasteiger partial charge in [0, 0.05) is 12.6 Å². The Morgan fingerprint density at radius 2 is 1.85 bits per heavy atom. The number of thiazole rings is 1. The Bertz CT molecular complexity index is 881. The first-order valence-electron chi connectivity index (χ1n) is 8.59. The highest BCUT2D eigenvalue weighted by atomic mass is 32.1. The molecule has 144 valence electrons. The van der Waals surface area contributed by atoms with Crippen LogP contribution in [0, 0.1) is 0 Å². The van der Waals surface area contributed by atoms with Gasteiger partial charge in [-0.05, 0) is 12.1 Å². The van der Waals surface area contributed by atoms with E-state index < -0.39 is 37.1 Å². The van der Waals surface area contributed by atoms with Gasteiger partial charge in [0.2, 0.25) is 0 Å². The SMILES string of the molecule is OC[C@H]1O[C@@H](Cc2cn(Cc3nc4ccccc4s3)nn2)[C@H](O)[C@@H](O)[C@@H]1O. The quantitative estimate of drug-likeness (QED) is 0.449. The number of aromatic nitrogens is 4. The third-order valence-corrected chi connectivity index (χ3v) is 5.64. The summed E-state index contributed by atoms with van der Waals surface area (Å²) in [5, 5.41) is 48.2. The van der Waals surface area contributed by atoms with Crippen LogP contribution in [0.5, 0.6) is 0 Å². The molecule has 5 atom stereocenters. The molecule has 1 fully saturated rings. The van der Waals surface area contributed by atoms with Gasteiger partial charge < -0.3 is 25.2 Å². The summed E-state index contributed by atoms with van der Waals surface area (Å²) >= 11 is 1.59. The zero-order valence-corrected chi connectivity index (χ0v) is 15.1. The van der Waals surface area contributed by atoms with Gasteiger partial charge in [-0.25, -0.2) is 9.67 Å². The predicted octanol–water partition coefficient (Wildman–Crippen LogP) is -0.679. The first-order valence-corrected chi connectivity index (χ1v) is 9.41. The highest BCUT2D eigenvalue weighted by Gasteiger charge is 2.43. The van der Waals surface area contributed by atoms with E-state index in [1.165, 1.54) is 0 Å². The molecular formula is C17H20N4O5S. The molecule has 9 nitrogen and oxygen atoms in total. The van der Waals surface area contributed by atoms with Crippen LogP contribution in [0.25, 0.3) is 10.2 Å².